The van der Waals surface area contributed by atoms with Crippen LogP contribution in [0.3, 0.4) is 0 Å². The van der Waals surface area contributed by atoms with Crippen molar-refractivity contribution in [2.75, 3.05) is 17.3 Å². The summed E-state index contributed by atoms with van der Waals surface area (Å²) in [6.07, 6.45) is 7.19. The Morgan fingerprint density at radius 2 is 1.12 bits per heavy atom. The van der Waals surface area contributed by atoms with Crippen LogP contribution >= 0.6 is 8.58 Å². The molecule has 0 aliphatic rings. The maximum absolute atomic E-state index is 2.49. The number of hydrogen-bond donors (Lipinski definition) is 0. The minimum atomic E-state index is 0. The van der Waals surface area contributed by atoms with Crippen molar-refractivity contribution < 1.29 is 21.2 Å². The first-order valence-electron chi connectivity index (χ1n) is 7.88. The zero-order chi connectivity index (χ0) is 14.0. The Morgan fingerprint density at radius 1 is 0.692 bits per heavy atom. The van der Waals surface area contributed by atoms with Crippen LogP contribution in [-0.4, -0.2) is 21.2 Å². The molecule has 0 aliphatic carbocycles. The third-order valence-electron chi connectivity index (χ3n) is 4.35. The van der Waals surface area contributed by atoms with Gasteiger partial charge in [-0.15, -0.1) is 0 Å². The second kappa shape index (κ2) is 37.0. The van der Waals surface area contributed by atoms with Gasteiger partial charge in [-0.1, -0.05) is 59.4 Å². The van der Waals surface area contributed by atoms with E-state index in [-0.39, 0.29) is 59.4 Å². The molecule has 0 aromatic rings. The Hall–Kier alpha value is 1.16. The molecule has 0 spiro atoms. The molecule has 176 valence electrons. The van der Waals surface area contributed by atoms with Crippen molar-refractivity contribution in [3.63, 3.8) is 0 Å². The average molecular weight is 514 g/mol. The zero-order valence-electron chi connectivity index (χ0n) is 13.4. The van der Waals surface area contributed by atoms with E-state index in [0.717, 1.165) is 30.3 Å². The van der Waals surface area contributed by atoms with Gasteiger partial charge in [0.25, 0.3) is 0 Å². The van der Waals surface area contributed by atoms with Crippen molar-refractivity contribution in [2.45, 2.75) is 124 Å². The van der Waals surface area contributed by atoms with Gasteiger partial charge in [-0.05, 0) is 0 Å². The van der Waals surface area contributed by atoms with E-state index in [9.17, 15) is 0 Å². The van der Waals surface area contributed by atoms with Crippen LogP contribution in [0, 0.1) is 17.8 Å². The maximum atomic E-state index is 2.49. The van der Waals surface area contributed by atoms with Crippen LogP contribution in [0.15, 0.2) is 0 Å². The van der Waals surface area contributed by atoms with Crippen LogP contribution < -0.4 is 21.2 Å². The standard InChI is InChI=1S/C16H35IP.8CH4/c1-7-13(5)14(8-2)15(9-3)16(17-10-4)11-12-18-6;;;;;;;;/h13-16,18H,7-12H2,1-6H3;8*1H4/q-1;;;;;;;;. The van der Waals surface area contributed by atoms with E-state index < -0.39 is 0 Å². The second-order valence-corrected chi connectivity index (χ2v) is 10.6. The summed E-state index contributed by atoms with van der Waals surface area (Å²) in [5.41, 5.74) is 0. The second-order valence-electron chi connectivity index (χ2n) is 5.36. The molecule has 5 unspecified atom stereocenters. The molecular weight excluding hydrogens is 446 g/mol. The molecule has 0 aromatic heterocycles. The van der Waals surface area contributed by atoms with Gasteiger partial charge in [0.2, 0.25) is 0 Å². The van der Waals surface area contributed by atoms with E-state index in [1.165, 1.54) is 36.3 Å². The Bertz CT molecular complexity index is 185. The normalized spacial score (nSPS) is 13.3. The molecule has 0 aliphatic heterocycles. The van der Waals surface area contributed by atoms with Crippen molar-refractivity contribution >= 4 is 8.58 Å². The van der Waals surface area contributed by atoms with Crippen LogP contribution in [0.1, 0.15) is 120 Å². The van der Waals surface area contributed by atoms with Crippen molar-refractivity contribution in [3.05, 3.63) is 0 Å². The molecule has 2 heteroatoms. The van der Waals surface area contributed by atoms with Crippen molar-refractivity contribution in [1.82, 2.24) is 0 Å². The molecular formula is C24H67IP-. The predicted molar refractivity (Wildman–Crippen MR) is 139 cm³/mol. The van der Waals surface area contributed by atoms with Crippen molar-refractivity contribution in [3.8, 4) is 0 Å². The summed E-state index contributed by atoms with van der Waals surface area (Å²) in [6.45, 7) is 14.5. The summed E-state index contributed by atoms with van der Waals surface area (Å²) in [7, 11) is 1.16. The number of rotatable bonds is 11. The summed E-state index contributed by atoms with van der Waals surface area (Å²) in [6, 6.07) is 0. The van der Waals surface area contributed by atoms with Crippen LogP contribution in [0.5, 0.6) is 0 Å². The van der Waals surface area contributed by atoms with E-state index in [1.54, 1.807) is 0 Å². The third-order valence-corrected chi connectivity index (χ3v) is 8.70. The van der Waals surface area contributed by atoms with E-state index in [0.29, 0.717) is 21.2 Å². The van der Waals surface area contributed by atoms with Gasteiger partial charge in [-0.3, -0.25) is 0 Å². The molecule has 26 heavy (non-hydrogen) atoms. The summed E-state index contributed by atoms with van der Waals surface area (Å²) in [4.78, 5) is 0. The van der Waals surface area contributed by atoms with E-state index in [2.05, 4.69) is 41.3 Å². The first kappa shape index (κ1) is 56.4. The molecule has 0 fully saturated rings. The fourth-order valence-corrected chi connectivity index (χ4v) is 7.91. The summed E-state index contributed by atoms with van der Waals surface area (Å²) in [5, 5.41) is 0. The van der Waals surface area contributed by atoms with Gasteiger partial charge < -0.3 is 0 Å². The van der Waals surface area contributed by atoms with Gasteiger partial charge in [-0.25, -0.2) is 0 Å². The fraction of sp³-hybridized carbons (Fsp3) is 1.00. The summed E-state index contributed by atoms with van der Waals surface area (Å²) < 4.78 is 2.58. The quantitative estimate of drug-likeness (QED) is 0.154. The van der Waals surface area contributed by atoms with Gasteiger partial charge in [0.15, 0.2) is 0 Å². The monoisotopic (exact) mass is 513 g/mol. The minimum absolute atomic E-state index is 0. The predicted octanol–water partition coefficient (Wildman–Crippen LogP) is 7.35. The SMILES string of the molecule is C.C.C.C.C.C.C.C.CC[I-]C(CCPC)C(CC)C(CC)C(C)CC. The Labute approximate surface area is 187 Å². The van der Waals surface area contributed by atoms with Crippen LogP contribution in [0.2, 0.25) is 0 Å². The van der Waals surface area contributed by atoms with Gasteiger partial charge >= 0.3 is 129 Å². The molecule has 0 saturated carbocycles. The Kier molecular flexibility index (Phi) is 80.2. The molecule has 0 bridgehead atoms. The topological polar surface area (TPSA) is 0 Å². The molecule has 0 radical (unpaired) electrons. The number of hydrogen-bond acceptors (Lipinski definition) is 0. The van der Waals surface area contributed by atoms with Gasteiger partial charge in [0, 0.05) is 0 Å². The van der Waals surface area contributed by atoms with Crippen LogP contribution in [0.25, 0.3) is 0 Å². The Morgan fingerprint density at radius 3 is 1.38 bits per heavy atom. The summed E-state index contributed by atoms with van der Waals surface area (Å²) in [5.74, 6) is 2.93. The number of alkyl halides is 2. The molecule has 0 nitrogen and oxygen atoms in total. The first-order chi connectivity index (χ1) is 8.65. The van der Waals surface area contributed by atoms with Crippen molar-refractivity contribution in [1.29, 1.82) is 0 Å². The molecule has 0 rings (SSSR count). The third kappa shape index (κ3) is 21.5. The molecule has 5 atom stereocenters. The molecule has 0 N–H and O–H groups in total. The van der Waals surface area contributed by atoms with Crippen LogP contribution in [-0.2, 0) is 0 Å². The zero-order valence-corrected chi connectivity index (χ0v) is 16.6. The van der Waals surface area contributed by atoms with E-state index in [1.807, 2.05) is 0 Å². The molecule has 0 heterocycles. The van der Waals surface area contributed by atoms with E-state index >= 15 is 0 Å². The average Bonchev–Trinajstić information content (AvgIpc) is 2.40. The number of halogens is 1. The molecule has 0 amide bonds. The van der Waals surface area contributed by atoms with Gasteiger partial charge in [0.05, 0.1) is 0 Å². The first-order valence-corrected chi connectivity index (χ1v) is 12.4. The van der Waals surface area contributed by atoms with Crippen LogP contribution in [0.4, 0.5) is 0 Å². The Balaban J connectivity index is -0.0000000516. The molecule has 0 aromatic carbocycles. The van der Waals surface area contributed by atoms with E-state index in [4.69, 9.17) is 0 Å². The van der Waals surface area contributed by atoms with Gasteiger partial charge in [0.1, 0.15) is 0 Å². The molecule has 0 saturated heterocycles. The van der Waals surface area contributed by atoms with Gasteiger partial charge in [-0.2, -0.15) is 0 Å². The summed E-state index contributed by atoms with van der Waals surface area (Å²) >= 11 is 0.437. The fourth-order valence-electron chi connectivity index (χ4n) is 3.14. The van der Waals surface area contributed by atoms with Crippen molar-refractivity contribution in [2.24, 2.45) is 17.8 Å².